The molecule has 0 bridgehead atoms. The zero-order valence-corrected chi connectivity index (χ0v) is 12.7. The van der Waals surface area contributed by atoms with Crippen molar-refractivity contribution in [3.8, 4) is 0 Å². The monoisotopic (exact) mass is 265 g/mol. The van der Waals surface area contributed by atoms with E-state index in [1.165, 1.54) is 19.3 Å². The molecule has 0 amide bonds. The molecule has 19 heavy (non-hydrogen) atoms. The van der Waals surface area contributed by atoms with Crippen LogP contribution in [0.5, 0.6) is 0 Å². The van der Waals surface area contributed by atoms with E-state index < -0.39 is 5.54 Å². The van der Waals surface area contributed by atoms with Gasteiger partial charge in [-0.1, -0.05) is 45.7 Å². The van der Waals surface area contributed by atoms with E-state index in [9.17, 15) is 0 Å². The first-order valence-electron chi connectivity index (χ1n) is 7.56. The lowest BCUT2D eigenvalue weighted by molar-refractivity contribution is 0.163. The van der Waals surface area contributed by atoms with Crippen LogP contribution in [0.2, 0.25) is 0 Å². The molecule has 0 aliphatic heterocycles. The first-order valence-corrected chi connectivity index (χ1v) is 7.56. The Morgan fingerprint density at radius 2 is 2.00 bits per heavy atom. The fourth-order valence-corrected chi connectivity index (χ4v) is 3.10. The van der Waals surface area contributed by atoms with E-state index in [-0.39, 0.29) is 5.41 Å². The topological polar surface area (TPSA) is 64.9 Å². The summed E-state index contributed by atoms with van der Waals surface area (Å²) in [6.45, 7) is 8.75. The fraction of sp³-hybridized carbons (Fsp3) is 0.867. The molecule has 2 N–H and O–H groups in total. The van der Waals surface area contributed by atoms with Crippen LogP contribution in [0.25, 0.3) is 0 Å². The average molecular weight is 265 g/mol. The highest BCUT2D eigenvalue weighted by Crippen LogP contribution is 2.46. The standard InChI is InChI=1S/C15H27N3O/c1-5-15(16,6-2)13-17-12(19-18-13)11-9-7-8-10-14(11,3)4/h11H,5-10,16H2,1-4H3. The lowest BCUT2D eigenvalue weighted by atomic mass is 9.69. The third-order valence-electron chi connectivity index (χ3n) is 4.95. The minimum Gasteiger partial charge on any atom is -0.339 e. The maximum Gasteiger partial charge on any atom is 0.230 e. The van der Waals surface area contributed by atoms with E-state index in [0.717, 1.165) is 25.2 Å². The predicted octanol–water partition coefficient (Wildman–Crippen LogP) is 3.73. The Balaban J connectivity index is 2.25. The van der Waals surface area contributed by atoms with Crippen LogP contribution in [0.15, 0.2) is 4.52 Å². The molecule has 4 heteroatoms. The van der Waals surface area contributed by atoms with Crippen molar-refractivity contribution < 1.29 is 4.52 Å². The Morgan fingerprint density at radius 1 is 1.32 bits per heavy atom. The van der Waals surface area contributed by atoms with E-state index in [2.05, 4.69) is 37.8 Å². The van der Waals surface area contributed by atoms with Crippen LogP contribution < -0.4 is 5.73 Å². The van der Waals surface area contributed by atoms with Gasteiger partial charge in [0.25, 0.3) is 0 Å². The second-order valence-corrected chi connectivity index (χ2v) is 6.61. The molecular weight excluding hydrogens is 238 g/mol. The molecule has 0 aromatic carbocycles. The third-order valence-corrected chi connectivity index (χ3v) is 4.95. The van der Waals surface area contributed by atoms with Gasteiger partial charge in [-0.2, -0.15) is 4.98 Å². The molecule has 1 atom stereocenters. The summed E-state index contributed by atoms with van der Waals surface area (Å²) in [6, 6.07) is 0. The van der Waals surface area contributed by atoms with Crippen LogP contribution in [0.3, 0.4) is 0 Å². The Morgan fingerprint density at radius 3 is 2.58 bits per heavy atom. The molecule has 1 fully saturated rings. The summed E-state index contributed by atoms with van der Waals surface area (Å²) in [7, 11) is 0. The van der Waals surface area contributed by atoms with Gasteiger partial charge in [-0.15, -0.1) is 0 Å². The second kappa shape index (κ2) is 5.23. The zero-order valence-electron chi connectivity index (χ0n) is 12.7. The van der Waals surface area contributed by atoms with Gasteiger partial charge in [0.1, 0.15) is 0 Å². The maximum absolute atomic E-state index is 6.34. The largest absolute Gasteiger partial charge is 0.339 e. The third kappa shape index (κ3) is 2.69. The zero-order chi connectivity index (χ0) is 14.1. The van der Waals surface area contributed by atoms with Crippen LogP contribution in [0, 0.1) is 5.41 Å². The Labute approximate surface area is 116 Å². The number of nitrogens with two attached hydrogens (primary N) is 1. The number of hydrogen-bond donors (Lipinski definition) is 1. The van der Waals surface area contributed by atoms with Crippen molar-refractivity contribution in [1.82, 2.24) is 10.1 Å². The van der Waals surface area contributed by atoms with E-state index in [0.29, 0.717) is 11.7 Å². The number of hydrogen-bond acceptors (Lipinski definition) is 4. The summed E-state index contributed by atoms with van der Waals surface area (Å²) in [5.41, 5.74) is 6.15. The summed E-state index contributed by atoms with van der Waals surface area (Å²) in [5.74, 6) is 1.84. The van der Waals surface area contributed by atoms with Crippen molar-refractivity contribution >= 4 is 0 Å². The van der Waals surface area contributed by atoms with Gasteiger partial charge in [0.05, 0.1) is 5.54 Å². The van der Waals surface area contributed by atoms with E-state index >= 15 is 0 Å². The van der Waals surface area contributed by atoms with Crippen molar-refractivity contribution in [2.75, 3.05) is 0 Å². The van der Waals surface area contributed by atoms with E-state index in [4.69, 9.17) is 10.3 Å². The van der Waals surface area contributed by atoms with Gasteiger partial charge in [-0.25, -0.2) is 0 Å². The second-order valence-electron chi connectivity index (χ2n) is 6.61. The summed E-state index contributed by atoms with van der Waals surface area (Å²) in [6.07, 6.45) is 6.58. The molecule has 108 valence electrons. The lowest BCUT2D eigenvalue weighted by Gasteiger charge is -2.36. The molecule has 0 radical (unpaired) electrons. The van der Waals surface area contributed by atoms with Gasteiger partial charge in [-0.05, 0) is 31.1 Å². The molecule has 1 aliphatic rings. The highest BCUT2D eigenvalue weighted by molar-refractivity contribution is 5.08. The van der Waals surface area contributed by atoms with Gasteiger partial charge in [-0.3, -0.25) is 0 Å². The quantitative estimate of drug-likeness (QED) is 0.901. The lowest BCUT2D eigenvalue weighted by Crippen LogP contribution is -2.36. The number of rotatable bonds is 4. The summed E-state index contributed by atoms with van der Waals surface area (Å²) >= 11 is 0. The van der Waals surface area contributed by atoms with Crippen molar-refractivity contribution in [1.29, 1.82) is 0 Å². The van der Waals surface area contributed by atoms with Crippen molar-refractivity contribution in [3.63, 3.8) is 0 Å². The first-order chi connectivity index (χ1) is 8.93. The van der Waals surface area contributed by atoms with E-state index in [1.54, 1.807) is 0 Å². The van der Waals surface area contributed by atoms with Crippen LogP contribution in [-0.4, -0.2) is 10.1 Å². The summed E-state index contributed by atoms with van der Waals surface area (Å²) in [4.78, 5) is 4.64. The highest BCUT2D eigenvalue weighted by atomic mass is 16.5. The van der Waals surface area contributed by atoms with Crippen LogP contribution in [0.1, 0.15) is 83.9 Å². The van der Waals surface area contributed by atoms with Gasteiger partial charge in [0.2, 0.25) is 5.89 Å². The van der Waals surface area contributed by atoms with E-state index in [1.807, 2.05) is 0 Å². The molecule has 2 rings (SSSR count). The molecule has 4 nitrogen and oxygen atoms in total. The molecular formula is C15H27N3O. The molecule has 0 saturated heterocycles. The first kappa shape index (κ1) is 14.5. The molecule has 1 saturated carbocycles. The number of nitrogens with zero attached hydrogens (tertiary/aromatic N) is 2. The minimum atomic E-state index is -0.444. The predicted molar refractivity (Wildman–Crippen MR) is 75.7 cm³/mol. The molecule has 1 aromatic rings. The van der Waals surface area contributed by atoms with Gasteiger partial charge >= 0.3 is 0 Å². The smallest absolute Gasteiger partial charge is 0.230 e. The van der Waals surface area contributed by atoms with Crippen LogP contribution in [-0.2, 0) is 5.54 Å². The Kier molecular flexibility index (Phi) is 4.00. The van der Waals surface area contributed by atoms with Gasteiger partial charge in [0.15, 0.2) is 5.82 Å². The molecule has 1 aromatic heterocycles. The van der Waals surface area contributed by atoms with Crippen molar-refractivity contribution in [2.45, 2.75) is 77.7 Å². The SMILES string of the molecule is CCC(N)(CC)c1noc(C2CCCCC2(C)C)n1. The van der Waals surface area contributed by atoms with Crippen molar-refractivity contribution in [2.24, 2.45) is 11.1 Å². The highest BCUT2D eigenvalue weighted by Gasteiger charge is 2.38. The molecule has 1 aliphatic carbocycles. The Bertz CT molecular complexity index is 421. The molecule has 0 spiro atoms. The van der Waals surface area contributed by atoms with Gasteiger partial charge < -0.3 is 10.3 Å². The summed E-state index contributed by atoms with van der Waals surface area (Å²) < 4.78 is 5.55. The Hall–Kier alpha value is -0.900. The van der Waals surface area contributed by atoms with Gasteiger partial charge in [0, 0.05) is 5.92 Å². The summed E-state index contributed by atoms with van der Waals surface area (Å²) in [5, 5.41) is 4.16. The fourth-order valence-electron chi connectivity index (χ4n) is 3.10. The van der Waals surface area contributed by atoms with Crippen molar-refractivity contribution in [3.05, 3.63) is 11.7 Å². The van der Waals surface area contributed by atoms with Crippen LogP contribution in [0.4, 0.5) is 0 Å². The molecule has 1 heterocycles. The molecule has 1 unspecified atom stereocenters. The van der Waals surface area contributed by atoms with Crippen LogP contribution >= 0.6 is 0 Å². The maximum atomic E-state index is 6.34. The normalized spacial score (nSPS) is 23.5. The minimum absolute atomic E-state index is 0.248. The number of aromatic nitrogens is 2. The average Bonchev–Trinajstić information content (AvgIpc) is 2.87.